The van der Waals surface area contributed by atoms with Crippen LogP contribution >= 0.6 is 0 Å². The molecule has 0 aliphatic heterocycles. The maximum absolute atomic E-state index is 13.0. The third kappa shape index (κ3) is 5.26. The van der Waals surface area contributed by atoms with Crippen LogP contribution < -0.4 is 14.8 Å². The maximum Gasteiger partial charge on any atom is 0.233 e. The topological polar surface area (TPSA) is 73.3 Å². The van der Waals surface area contributed by atoms with Gasteiger partial charge in [-0.25, -0.2) is 4.39 Å². The molecule has 1 heterocycles. The molecule has 0 aliphatic carbocycles. The van der Waals surface area contributed by atoms with Crippen LogP contribution in [0.25, 0.3) is 11.3 Å². The number of carbonyl (C=O) groups excluding carboxylic acids is 1. The Morgan fingerprint density at radius 2 is 1.82 bits per heavy atom. The van der Waals surface area contributed by atoms with Crippen molar-refractivity contribution in [2.45, 2.75) is 6.42 Å². The van der Waals surface area contributed by atoms with E-state index in [1.807, 2.05) is 24.3 Å². The maximum atomic E-state index is 13.0. The van der Waals surface area contributed by atoms with Crippen molar-refractivity contribution < 1.29 is 18.7 Å². The third-order valence-electron chi connectivity index (χ3n) is 4.00. The molecule has 0 bridgehead atoms. The average molecular weight is 381 g/mol. The second-order valence-electron chi connectivity index (χ2n) is 5.95. The van der Waals surface area contributed by atoms with E-state index in [0.717, 1.165) is 11.1 Å². The Hall–Kier alpha value is -3.48. The molecule has 0 spiro atoms. The van der Waals surface area contributed by atoms with Crippen LogP contribution in [0.2, 0.25) is 0 Å². The predicted molar refractivity (Wildman–Crippen MR) is 103 cm³/mol. The summed E-state index contributed by atoms with van der Waals surface area (Å²) < 4.78 is 23.7. The van der Waals surface area contributed by atoms with Crippen LogP contribution in [0.15, 0.2) is 60.7 Å². The highest BCUT2D eigenvalue weighted by Gasteiger charge is 2.08. The Morgan fingerprint density at radius 1 is 1.04 bits per heavy atom. The van der Waals surface area contributed by atoms with Crippen LogP contribution in [0.3, 0.4) is 0 Å². The highest BCUT2D eigenvalue weighted by Crippen LogP contribution is 2.18. The molecular weight excluding hydrogens is 361 g/mol. The fourth-order valence-corrected chi connectivity index (χ4v) is 2.60. The van der Waals surface area contributed by atoms with E-state index in [1.165, 1.54) is 12.1 Å². The molecule has 1 aromatic heterocycles. The first-order valence-corrected chi connectivity index (χ1v) is 8.77. The summed E-state index contributed by atoms with van der Waals surface area (Å²) in [6.45, 7) is 0.609. The highest BCUT2D eigenvalue weighted by molar-refractivity contribution is 5.79. The number of nitrogens with one attached hydrogen (secondary N) is 1. The quantitative estimate of drug-likeness (QED) is 0.607. The highest BCUT2D eigenvalue weighted by atomic mass is 19.1. The van der Waals surface area contributed by atoms with Gasteiger partial charge in [0.05, 0.1) is 25.8 Å². The summed E-state index contributed by atoms with van der Waals surface area (Å²) in [6.07, 6.45) is 0.232. The van der Waals surface area contributed by atoms with Crippen LogP contribution in [0.5, 0.6) is 11.6 Å². The molecule has 3 aromatic rings. The van der Waals surface area contributed by atoms with E-state index < -0.39 is 0 Å². The zero-order valence-corrected chi connectivity index (χ0v) is 15.4. The molecule has 0 aliphatic rings. The number of halogens is 1. The van der Waals surface area contributed by atoms with Crippen molar-refractivity contribution in [1.82, 2.24) is 15.5 Å². The summed E-state index contributed by atoms with van der Waals surface area (Å²) in [5.41, 5.74) is 2.21. The summed E-state index contributed by atoms with van der Waals surface area (Å²) in [7, 11) is 1.58. The Kier molecular flexibility index (Phi) is 6.51. The van der Waals surface area contributed by atoms with Gasteiger partial charge in [-0.05, 0) is 36.4 Å². The Labute approximate surface area is 162 Å². The number of benzene rings is 2. The lowest BCUT2D eigenvalue weighted by molar-refractivity contribution is -0.120. The summed E-state index contributed by atoms with van der Waals surface area (Å²) in [4.78, 5) is 12.0. The average Bonchev–Trinajstić information content (AvgIpc) is 2.73. The first kappa shape index (κ1) is 19.3. The number of aromatic nitrogens is 2. The molecule has 144 valence electrons. The number of para-hydroxylation sites is 1. The van der Waals surface area contributed by atoms with Gasteiger partial charge in [0.15, 0.2) is 0 Å². The second-order valence-corrected chi connectivity index (χ2v) is 5.95. The van der Waals surface area contributed by atoms with Crippen molar-refractivity contribution in [2.75, 3.05) is 20.3 Å². The fourth-order valence-electron chi connectivity index (χ4n) is 2.60. The Bertz CT molecular complexity index is 915. The molecule has 0 radical (unpaired) electrons. The number of nitrogens with zero attached hydrogens (tertiary/aromatic N) is 2. The van der Waals surface area contributed by atoms with E-state index in [9.17, 15) is 9.18 Å². The van der Waals surface area contributed by atoms with Crippen molar-refractivity contribution >= 4 is 5.91 Å². The fraction of sp³-hybridized carbons (Fsp3) is 0.190. The normalized spacial score (nSPS) is 10.4. The lowest BCUT2D eigenvalue weighted by Crippen LogP contribution is -2.29. The molecule has 6 nitrogen and oxygen atoms in total. The first-order valence-electron chi connectivity index (χ1n) is 8.77. The predicted octanol–water partition coefficient (Wildman–Crippen LogP) is 3.03. The van der Waals surface area contributed by atoms with Crippen LogP contribution in [0.4, 0.5) is 4.39 Å². The molecule has 0 atom stereocenters. The van der Waals surface area contributed by atoms with E-state index in [-0.39, 0.29) is 24.8 Å². The van der Waals surface area contributed by atoms with Gasteiger partial charge in [-0.2, -0.15) is 0 Å². The molecule has 0 unspecified atom stereocenters. The van der Waals surface area contributed by atoms with Gasteiger partial charge in [0.2, 0.25) is 11.8 Å². The number of methoxy groups -OCH3 is 1. The van der Waals surface area contributed by atoms with Gasteiger partial charge in [-0.15, -0.1) is 10.2 Å². The van der Waals surface area contributed by atoms with Crippen molar-refractivity contribution in [3.8, 4) is 22.9 Å². The monoisotopic (exact) mass is 381 g/mol. The zero-order valence-electron chi connectivity index (χ0n) is 15.4. The summed E-state index contributed by atoms with van der Waals surface area (Å²) in [5.74, 6) is 0.616. The minimum Gasteiger partial charge on any atom is -0.496 e. The standard InChI is InChI=1S/C21H20FN3O3/c1-27-19-5-3-2-4-16(19)14-20(26)23-12-13-28-21-11-10-18(24-25-21)15-6-8-17(22)9-7-15/h2-11H,12-14H2,1H3,(H,23,26). The van der Waals surface area contributed by atoms with Crippen molar-refractivity contribution in [3.63, 3.8) is 0 Å². The van der Waals surface area contributed by atoms with Crippen molar-refractivity contribution in [3.05, 3.63) is 72.0 Å². The van der Waals surface area contributed by atoms with E-state index in [0.29, 0.717) is 23.9 Å². The number of hydrogen-bond donors (Lipinski definition) is 1. The van der Waals surface area contributed by atoms with E-state index in [2.05, 4.69) is 15.5 Å². The Morgan fingerprint density at radius 3 is 2.54 bits per heavy atom. The number of hydrogen-bond acceptors (Lipinski definition) is 5. The molecule has 0 saturated heterocycles. The summed E-state index contributed by atoms with van der Waals surface area (Å²) in [6, 6.07) is 16.8. The largest absolute Gasteiger partial charge is 0.496 e. The van der Waals surface area contributed by atoms with Gasteiger partial charge in [0.1, 0.15) is 18.2 Å². The molecule has 0 saturated carbocycles. The minimum absolute atomic E-state index is 0.120. The van der Waals surface area contributed by atoms with Gasteiger partial charge >= 0.3 is 0 Å². The SMILES string of the molecule is COc1ccccc1CC(=O)NCCOc1ccc(-c2ccc(F)cc2)nn1. The van der Waals surface area contributed by atoms with Crippen LogP contribution in [0, 0.1) is 5.82 Å². The molecule has 2 aromatic carbocycles. The number of ether oxygens (including phenoxy) is 2. The molecule has 1 amide bonds. The van der Waals surface area contributed by atoms with Crippen LogP contribution in [-0.4, -0.2) is 36.4 Å². The Balaban J connectivity index is 1.43. The molecule has 3 rings (SSSR count). The number of rotatable bonds is 8. The van der Waals surface area contributed by atoms with Crippen molar-refractivity contribution in [1.29, 1.82) is 0 Å². The molecule has 28 heavy (non-hydrogen) atoms. The molecular formula is C21H20FN3O3. The zero-order chi connectivity index (χ0) is 19.8. The first-order chi connectivity index (χ1) is 13.7. The third-order valence-corrected chi connectivity index (χ3v) is 4.00. The molecule has 1 N–H and O–H groups in total. The van der Waals surface area contributed by atoms with Gasteiger partial charge < -0.3 is 14.8 Å². The summed E-state index contributed by atoms with van der Waals surface area (Å²) in [5, 5.41) is 10.9. The lowest BCUT2D eigenvalue weighted by Gasteiger charge is -2.09. The minimum atomic E-state index is -0.301. The summed E-state index contributed by atoms with van der Waals surface area (Å²) >= 11 is 0. The van der Waals surface area contributed by atoms with Crippen LogP contribution in [-0.2, 0) is 11.2 Å². The smallest absolute Gasteiger partial charge is 0.233 e. The van der Waals surface area contributed by atoms with E-state index >= 15 is 0 Å². The number of amides is 1. The molecule has 7 heteroatoms. The van der Waals surface area contributed by atoms with E-state index in [4.69, 9.17) is 9.47 Å². The number of carbonyl (C=O) groups is 1. The second kappa shape index (κ2) is 9.45. The van der Waals surface area contributed by atoms with Gasteiger partial charge in [-0.1, -0.05) is 18.2 Å². The lowest BCUT2D eigenvalue weighted by atomic mass is 10.1. The van der Waals surface area contributed by atoms with Crippen molar-refractivity contribution in [2.24, 2.45) is 0 Å². The van der Waals surface area contributed by atoms with Gasteiger partial charge in [0.25, 0.3) is 0 Å². The van der Waals surface area contributed by atoms with Gasteiger partial charge in [-0.3, -0.25) is 4.79 Å². The van der Waals surface area contributed by atoms with E-state index in [1.54, 1.807) is 31.4 Å². The molecule has 0 fully saturated rings. The van der Waals surface area contributed by atoms with Crippen LogP contribution in [0.1, 0.15) is 5.56 Å². The van der Waals surface area contributed by atoms with Gasteiger partial charge in [0, 0.05) is 17.2 Å².